The molecule has 0 aliphatic heterocycles. The molecule has 1 atom stereocenters. The molecule has 9 heteroatoms. The maximum atomic E-state index is 13.2. The molecule has 6 nitrogen and oxygen atoms in total. The van der Waals surface area contributed by atoms with Crippen molar-refractivity contribution in [2.24, 2.45) is 11.3 Å². The van der Waals surface area contributed by atoms with Gasteiger partial charge in [0.05, 0.1) is 11.1 Å². The minimum atomic E-state index is -4.77. The van der Waals surface area contributed by atoms with Gasteiger partial charge in [-0.2, -0.15) is 18.4 Å². The van der Waals surface area contributed by atoms with Crippen LogP contribution in [0.4, 0.5) is 13.2 Å². The van der Waals surface area contributed by atoms with Crippen LogP contribution < -0.4 is 0 Å². The zero-order valence-corrected chi connectivity index (χ0v) is 16.1. The summed E-state index contributed by atoms with van der Waals surface area (Å²) in [7, 11) is 1.40. The SMILES string of the molecule is Cc1ncc(C(=O)N(C)CC[C@@H]2C=C(C#N)C(=O)C(C)(C)C2)c(C(F)(F)F)n1. The molecule has 1 aliphatic carbocycles. The van der Waals surface area contributed by atoms with Crippen molar-refractivity contribution in [1.29, 1.82) is 5.26 Å². The first-order chi connectivity index (χ1) is 12.9. The second kappa shape index (κ2) is 7.70. The molecule has 0 radical (unpaired) electrons. The molecule has 28 heavy (non-hydrogen) atoms. The number of halogens is 3. The number of allylic oxidation sites excluding steroid dienone is 2. The normalized spacial score (nSPS) is 19.0. The monoisotopic (exact) mass is 394 g/mol. The smallest absolute Gasteiger partial charge is 0.342 e. The van der Waals surface area contributed by atoms with E-state index in [0.29, 0.717) is 12.8 Å². The maximum absolute atomic E-state index is 13.2. The van der Waals surface area contributed by atoms with Crippen molar-refractivity contribution in [3.05, 3.63) is 34.9 Å². The lowest BCUT2D eigenvalue weighted by Crippen LogP contribution is -2.35. The lowest BCUT2D eigenvalue weighted by atomic mass is 9.71. The second-order valence-corrected chi connectivity index (χ2v) is 7.56. The maximum Gasteiger partial charge on any atom is 0.434 e. The summed E-state index contributed by atoms with van der Waals surface area (Å²) in [5.74, 6) is -1.26. The highest BCUT2D eigenvalue weighted by atomic mass is 19.4. The molecular formula is C19H21F3N4O2. The Morgan fingerprint density at radius 1 is 1.43 bits per heavy atom. The molecule has 0 fully saturated rings. The lowest BCUT2D eigenvalue weighted by Gasteiger charge is -2.32. The van der Waals surface area contributed by atoms with E-state index in [-0.39, 0.29) is 29.6 Å². The first-order valence-electron chi connectivity index (χ1n) is 8.70. The first-order valence-corrected chi connectivity index (χ1v) is 8.70. The molecule has 2 rings (SSSR count). The Morgan fingerprint density at radius 3 is 2.64 bits per heavy atom. The number of ketones is 1. The Balaban J connectivity index is 2.16. The predicted octanol–water partition coefficient (Wildman–Crippen LogP) is 3.33. The van der Waals surface area contributed by atoms with Gasteiger partial charge in [-0.15, -0.1) is 0 Å². The number of carbonyl (C=O) groups is 2. The average molecular weight is 394 g/mol. The Labute approximate surface area is 161 Å². The van der Waals surface area contributed by atoms with Crippen LogP contribution in [0.5, 0.6) is 0 Å². The molecule has 1 aliphatic rings. The Kier molecular flexibility index (Phi) is 5.92. The number of Topliss-reactive ketones (excluding diaryl/α,β-unsaturated/α-hetero) is 1. The fraction of sp³-hybridized carbons (Fsp3) is 0.526. The molecule has 1 aromatic rings. The summed E-state index contributed by atoms with van der Waals surface area (Å²) < 4.78 is 39.6. The van der Waals surface area contributed by atoms with Gasteiger partial charge in [-0.1, -0.05) is 19.9 Å². The van der Waals surface area contributed by atoms with Crippen molar-refractivity contribution in [1.82, 2.24) is 14.9 Å². The van der Waals surface area contributed by atoms with Gasteiger partial charge in [0.15, 0.2) is 11.5 Å². The van der Waals surface area contributed by atoms with Crippen LogP contribution in [-0.2, 0) is 11.0 Å². The van der Waals surface area contributed by atoms with E-state index in [4.69, 9.17) is 5.26 Å². The van der Waals surface area contributed by atoms with Crippen molar-refractivity contribution in [3.8, 4) is 6.07 Å². The molecule has 150 valence electrons. The Bertz CT molecular complexity index is 869. The summed E-state index contributed by atoms with van der Waals surface area (Å²) in [6.45, 7) is 4.98. The topological polar surface area (TPSA) is 87.0 Å². The highest BCUT2D eigenvalue weighted by Gasteiger charge is 2.39. The molecule has 0 aromatic carbocycles. The van der Waals surface area contributed by atoms with Gasteiger partial charge in [0.1, 0.15) is 11.9 Å². The van der Waals surface area contributed by atoms with E-state index in [0.717, 1.165) is 6.20 Å². The molecule has 0 bridgehead atoms. The molecular weight excluding hydrogens is 373 g/mol. The van der Waals surface area contributed by atoms with Crippen molar-refractivity contribution < 1.29 is 22.8 Å². The summed E-state index contributed by atoms with van der Waals surface area (Å²) >= 11 is 0. The van der Waals surface area contributed by atoms with Gasteiger partial charge in [-0.05, 0) is 25.7 Å². The summed E-state index contributed by atoms with van der Waals surface area (Å²) in [4.78, 5) is 32.9. The van der Waals surface area contributed by atoms with E-state index in [2.05, 4.69) is 9.97 Å². The van der Waals surface area contributed by atoms with E-state index in [1.165, 1.54) is 18.9 Å². The van der Waals surface area contributed by atoms with Gasteiger partial charge in [0, 0.05) is 25.2 Å². The van der Waals surface area contributed by atoms with Gasteiger partial charge in [0.25, 0.3) is 5.91 Å². The molecule has 0 saturated heterocycles. The molecule has 0 spiro atoms. The van der Waals surface area contributed by atoms with E-state index in [9.17, 15) is 22.8 Å². The fourth-order valence-corrected chi connectivity index (χ4v) is 3.27. The fourth-order valence-electron chi connectivity index (χ4n) is 3.27. The van der Waals surface area contributed by atoms with Crippen molar-refractivity contribution in [2.45, 2.75) is 39.8 Å². The number of nitrogens with zero attached hydrogens (tertiary/aromatic N) is 4. The van der Waals surface area contributed by atoms with Crippen LogP contribution in [0.3, 0.4) is 0 Å². The number of carbonyl (C=O) groups excluding carboxylic acids is 2. The van der Waals surface area contributed by atoms with Gasteiger partial charge >= 0.3 is 6.18 Å². The number of amides is 1. The second-order valence-electron chi connectivity index (χ2n) is 7.56. The van der Waals surface area contributed by atoms with Crippen LogP contribution in [0.25, 0.3) is 0 Å². The third-order valence-corrected chi connectivity index (χ3v) is 4.74. The Hall–Kier alpha value is -2.76. The number of aromatic nitrogens is 2. The van der Waals surface area contributed by atoms with Crippen LogP contribution in [0.15, 0.2) is 17.8 Å². The largest absolute Gasteiger partial charge is 0.434 e. The highest BCUT2D eigenvalue weighted by molar-refractivity contribution is 6.03. The molecule has 1 heterocycles. The quantitative estimate of drug-likeness (QED) is 0.782. The van der Waals surface area contributed by atoms with E-state index in [1.807, 2.05) is 6.07 Å². The van der Waals surface area contributed by atoms with Crippen LogP contribution >= 0.6 is 0 Å². The number of rotatable bonds is 4. The Morgan fingerprint density at radius 2 is 2.07 bits per heavy atom. The van der Waals surface area contributed by atoms with Gasteiger partial charge in [-0.25, -0.2) is 9.97 Å². The number of hydrogen-bond donors (Lipinski definition) is 0. The van der Waals surface area contributed by atoms with E-state index >= 15 is 0 Å². The van der Waals surface area contributed by atoms with Crippen LogP contribution in [0.2, 0.25) is 0 Å². The standard InChI is InChI=1S/C19H21F3N4O2/c1-11-24-10-14(15(25-11)19(20,21)22)17(28)26(4)6-5-12-7-13(9-23)16(27)18(2,3)8-12/h7,10,12H,5-6,8H2,1-4H3/t12-/m1/s1. The van der Waals surface area contributed by atoms with Gasteiger partial charge in [0.2, 0.25) is 0 Å². The third-order valence-electron chi connectivity index (χ3n) is 4.74. The summed E-state index contributed by atoms with van der Waals surface area (Å²) in [6.07, 6.45) is -1.38. The first kappa shape index (κ1) is 21.5. The predicted molar refractivity (Wildman–Crippen MR) is 93.9 cm³/mol. The summed E-state index contributed by atoms with van der Waals surface area (Å²) in [6, 6.07) is 1.89. The van der Waals surface area contributed by atoms with Crippen LogP contribution in [0, 0.1) is 29.6 Å². The minimum Gasteiger partial charge on any atom is -0.342 e. The lowest BCUT2D eigenvalue weighted by molar-refractivity contribution is -0.141. The van der Waals surface area contributed by atoms with Gasteiger partial charge < -0.3 is 4.90 Å². The summed E-state index contributed by atoms with van der Waals surface area (Å²) in [5, 5.41) is 9.13. The molecule has 0 N–H and O–H groups in total. The minimum absolute atomic E-state index is 0.0743. The van der Waals surface area contributed by atoms with Crippen molar-refractivity contribution in [2.75, 3.05) is 13.6 Å². The third kappa shape index (κ3) is 4.55. The number of hydrogen-bond acceptors (Lipinski definition) is 5. The van der Waals surface area contributed by atoms with Crippen molar-refractivity contribution in [3.63, 3.8) is 0 Å². The molecule has 1 aromatic heterocycles. The molecule has 1 amide bonds. The zero-order valence-electron chi connectivity index (χ0n) is 16.1. The average Bonchev–Trinajstić information content (AvgIpc) is 2.60. The van der Waals surface area contributed by atoms with Crippen molar-refractivity contribution >= 4 is 11.7 Å². The number of alkyl halides is 3. The van der Waals surface area contributed by atoms with Crippen LogP contribution in [0.1, 0.15) is 48.6 Å². The zero-order chi connectivity index (χ0) is 21.3. The van der Waals surface area contributed by atoms with E-state index in [1.54, 1.807) is 19.9 Å². The summed E-state index contributed by atoms with van der Waals surface area (Å²) in [5.41, 5.74) is -2.47. The highest BCUT2D eigenvalue weighted by Crippen LogP contribution is 2.36. The number of aryl methyl sites for hydroxylation is 1. The molecule has 0 unspecified atom stereocenters. The number of nitriles is 1. The molecule has 0 saturated carbocycles. The van der Waals surface area contributed by atoms with E-state index < -0.39 is 28.8 Å². The van der Waals surface area contributed by atoms with Gasteiger partial charge in [-0.3, -0.25) is 9.59 Å². The van der Waals surface area contributed by atoms with Crippen LogP contribution in [-0.4, -0.2) is 40.2 Å².